The standard InChI is InChI=1S/C18H29N/c1-5-9-19(10-6-2)18-12-16-8-7-15(14(3)4)11-17(16)13-18/h7-8,11,14,18H,5-6,9-10,12-13H2,1-4H3. The molecule has 0 saturated heterocycles. The minimum atomic E-state index is 0.645. The van der Waals surface area contributed by atoms with Crippen LogP contribution < -0.4 is 0 Å². The van der Waals surface area contributed by atoms with Gasteiger partial charge in [0.05, 0.1) is 0 Å². The van der Waals surface area contributed by atoms with Gasteiger partial charge in [-0.05, 0) is 61.4 Å². The van der Waals surface area contributed by atoms with Gasteiger partial charge < -0.3 is 0 Å². The number of hydrogen-bond donors (Lipinski definition) is 0. The summed E-state index contributed by atoms with van der Waals surface area (Å²) in [6.07, 6.45) is 5.05. The first kappa shape index (κ1) is 14.6. The van der Waals surface area contributed by atoms with Crippen molar-refractivity contribution < 1.29 is 0 Å². The maximum atomic E-state index is 2.70. The maximum Gasteiger partial charge on any atom is 0.0176 e. The van der Waals surface area contributed by atoms with E-state index in [9.17, 15) is 0 Å². The number of fused-ring (bicyclic) bond motifs is 1. The summed E-state index contributed by atoms with van der Waals surface area (Å²) in [6.45, 7) is 11.7. The van der Waals surface area contributed by atoms with E-state index in [2.05, 4.69) is 50.8 Å². The first-order valence-electron chi connectivity index (χ1n) is 8.01. The molecule has 0 aliphatic heterocycles. The highest BCUT2D eigenvalue weighted by atomic mass is 15.1. The number of rotatable bonds is 6. The van der Waals surface area contributed by atoms with E-state index in [4.69, 9.17) is 0 Å². The smallest absolute Gasteiger partial charge is 0.0176 e. The zero-order chi connectivity index (χ0) is 13.8. The summed E-state index contributed by atoms with van der Waals surface area (Å²) >= 11 is 0. The lowest BCUT2D eigenvalue weighted by Crippen LogP contribution is -2.37. The topological polar surface area (TPSA) is 3.24 Å². The Bertz CT molecular complexity index is 402. The van der Waals surface area contributed by atoms with Crippen LogP contribution in [-0.4, -0.2) is 24.0 Å². The summed E-state index contributed by atoms with van der Waals surface area (Å²) in [7, 11) is 0. The second kappa shape index (κ2) is 6.56. The maximum absolute atomic E-state index is 2.70. The molecule has 1 aromatic rings. The molecule has 1 heteroatoms. The van der Waals surface area contributed by atoms with E-state index >= 15 is 0 Å². The molecule has 0 radical (unpaired) electrons. The predicted octanol–water partition coefficient (Wildman–Crippen LogP) is 4.40. The summed E-state index contributed by atoms with van der Waals surface area (Å²) in [4.78, 5) is 2.70. The highest BCUT2D eigenvalue weighted by Crippen LogP contribution is 2.29. The SMILES string of the molecule is CCCN(CCC)C1Cc2ccc(C(C)C)cc2C1. The zero-order valence-electron chi connectivity index (χ0n) is 13.1. The Labute approximate surface area is 119 Å². The Balaban J connectivity index is 2.10. The molecule has 0 bridgehead atoms. The van der Waals surface area contributed by atoms with E-state index < -0.39 is 0 Å². The molecule has 0 spiro atoms. The minimum absolute atomic E-state index is 0.645. The van der Waals surface area contributed by atoms with Gasteiger partial charge in [0.1, 0.15) is 0 Å². The van der Waals surface area contributed by atoms with Gasteiger partial charge in [-0.15, -0.1) is 0 Å². The average molecular weight is 259 g/mol. The molecule has 19 heavy (non-hydrogen) atoms. The van der Waals surface area contributed by atoms with Gasteiger partial charge in [-0.1, -0.05) is 45.9 Å². The van der Waals surface area contributed by atoms with E-state index in [1.54, 1.807) is 11.1 Å². The minimum Gasteiger partial charge on any atom is -0.300 e. The fourth-order valence-corrected chi connectivity index (χ4v) is 3.28. The number of hydrogen-bond acceptors (Lipinski definition) is 1. The quantitative estimate of drug-likeness (QED) is 0.732. The van der Waals surface area contributed by atoms with E-state index in [0.717, 1.165) is 6.04 Å². The Morgan fingerprint density at radius 3 is 2.26 bits per heavy atom. The van der Waals surface area contributed by atoms with Crippen molar-refractivity contribution in [2.75, 3.05) is 13.1 Å². The molecule has 0 saturated carbocycles. The van der Waals surface area contributed by atoms with Gasteiger partial charge in [-0.3, -0.25) is 4.90 Å². The third-order valence-electron chi connectivity index (χ3n) is 4.35. The molecular formula is C18H29N. The van der Waals surface area contributed by atoms with Crippen molar-refractivity contribution in [2.45, 2.75) is 65.3 Å². The van der Waals surface area contributed by atoms with E-state index in [1.165, 1.54) is 44.3 Å². The number of benzene rings is 1. The van der Waals surface area contributed by atoms with Crippen molar-refractivity contribution in [1.82, 2.24) is 4.90 Å². The molecule has 2 rings (SSSR count). The van der Waals surface area contributed by atoms with Gasteiger partial charge in [-0.25, -0.2) is 0 Å². The lowest BCUT2D eigenvalue weighted by Gasteiger charge is -2.27. The molecule has 0 heterocycles. The fourth-order valence-electron chi connectivity index (χ4n) is 3.28. The van der Waals surface area contributed by atoms with Crippen LogP contribution in [0.15, 0.2) is 18.2 Å². The van der Waals surface area contributed by atoms with Crippen LogP contribution in [0.2, 0.25) is 0 Å². The van der Waals surface area contributed by atoms with Crippen LogP contribution >= 0.6 is 0 Å². The molecule has 1 aliphatic rings. The lowest BCUT2D eigenvalue weighted by molar-refractivity contribution is 0.202. The van der Waals surface area contributed by atoms with Crippen LogP contribution in [0.4, 0.5) is 0 Å². The lowest BCUT2D eigenvalue weighted by atomic mass is 9.99. The number of nitrogens with zero attached hydrogens (tertiary/aromatic N) is 1. The Hall–Kier alpha value is -0.820. The van der Waals surface area contributed by atoms with Crippen molar-refractivity contribution in [3.63, 3.8) is 0 Å². The first-order valence-corrected chi connectivity index (χ1v) is 8.01. The van der Waals surface area contributed by atoms with Crippen molar-refractivity contribution in [3.05, 3.63) is 34.9 Å². The van der Waals surface area contributed by atoms with Gasteiger partial charge in [0, 0.05) is 6.04 Å². The third-order valence-corrected chi connectivity index (χ3v) is 4.35. The van der Waals surface area contributed by atoms with Crippen LogP contribution in [0.5, 0.6) is 0 Å². The third kappa shape index (κ3) is 3.39. The van der Waals surface area contributed by atoms with Crippen molar-refractivity contribution >= 4 is 0 Å². The molecule has 1 unspecified atom stereocenters. The predicted molar refractivity (Wildman–Crippen MR) is 83.9 cm³/mol. The molecule has 1 nitrogen and oxygen atoms in total. The van der Waals surface area contributed by atoms with Gasteiger partial charge >= 0.3 is 0 Å². The van der Waals surface area contributed by atoms with Crippen LogP contribution in [0, 0.1) is 0 Å². The molecule has 0 amide bonds. The van der Waals surface area contributed by atoms with Gasteiger partial charge in [0.15, 0.2) is 0 Å². The van der Waals surface area contributed by atoms with Gasteiger partial charge in [0.25, 0.3) is 0 Å². The van der Waals surface area contributed by atoms with Crippen LogP contribution in [0.25, 0.3) is 0 Å². The van der Waals surface area contributed by atoms with Crippen LogP contribution in [-0.2, 0) is 12.8 Å². The highest BCUT2D eigenvalue weighted by Gasteiger charge is 2.26. The van der Waals surface area contributed by atoms with Crippen molar-refractivity contribution in [3.8, 4) is 0 Å². The Kier molecular flexibility index (Phi) is 5.04. The van der Waals surface area contributed by atoms with Crippen molar-refractivity contribution in [2.24, 2.45) is 0 Å². The molecule has 0 aromatic heterocycles. The molecule has 1 aromatic carbocycles. The summed E-state index contributed by atoms with van der Waals surface area (Å²) in [5.74, 6) is 0.645. The van der Waals surface area contributed by atoms with Crippen molar-refractivity contribution in [1.29, 1.82) is 0 Å². The summed E-state index contributed by atoms with van der Waals surface area (Å²) in [5.41, 5.74) is 4.69. The summed E-state index contributed by atoms with van der Waals surface area (Å²) in [5, 5.41) is 0. The normalized spacial score (nSPS) is 18.3. The largest absolute Gasteiger partial charge is 0.300 e. The average Bonchev–Trinajstić information content (AvgIpc) is 2.80. The Morgan fingerprint density at radius 2 is 1.68 bits per heavy atom. The molecule has 1 atom stereocenters. The highest BCUT2D eigenvalue weighted by molar-refractivity contribution is 5.38. The molecule has 0 N–H and O–H groups in total. The second-order valence-corrected chi connectivity index (χ2v) is 6.28. The van der Waals surface area contributed by atoms with Gasteiger partial charge in [0.2, 0.25) is 0 Å². The zero-order valence-corrected chi connectivity index (χ0v) is 13.1. The van der Waals surface area contributed by atoms with Crippen LogP contribution in [0.1, 0.15) is 63.1 Å². The molecule has 1 aliphatic carbocycles. The molecular weight excluding hydrogens is 230 g/mol. The summed E-state index contributed by atoms with van der Waals surface area (Å²) < 4.78 is 0. The summed E-state index contributed by atoms with van der Waals surface area (Å²) in [6, 6.07) is 7.91. The van der Waals surface area contributed by atoms with E-state index in [0.29, 0.717) is 5.92 Å². The molecule has 106 valence electrons. The van der Waals surface area contributed by atoms with Gasteiger partial charge in [-0.2, -0.15) is 0 Å². The van der Waals surface area contributed by atoms with E-state index in [1.807, 2.05) is 0 Å². The fraction of sp³-hybridized carbons (Fsp3) is 0.667. The second-order valence-electron chi connectivity index (χ2n) is 6.28. The monoisotopic (exact) mass is 259 g/mol. The van der Waals surface area contributed by atoms with E-state index in [-0.39, 0.29) is 0 Å². The molecule has 0 fully saturated rings. The van der Waals surface area contributed by atoms with Crippen LogP contribution in [0.3, 0.4) is 0 Å². The first-order chi connectivity index (χ1) is 9.15. The Morgan fingerprint density at radius 1 is 1.05 bits per heavy atom.